The molecular weight excluding hydrogens is 432 g/mol. The molecule has 0 saturated carbocycles. The predicted molar refractivity (Wildman–Crippen MR) is 132 cm³/mol. The van der Waals surface area contributed by atoms with Gasteiger partial charge in [-0.3, -0.25) is 9.55 Å². The van der Waals surface area contributed by atoms with Gasteiger partial charge in [-0.1, -0.05) is 6.92 Å². The highest BCUT2D eigenvalue weighted by Crippen LogP contribution is 2.27. The average Bonchev–Trinajstić information content (AvgIpc) is 3.32. The first-order chi connectivity index (χ1) is 16.7. The maximum absolute atomic E-state index is 9.75. The number of hydrogen-bond donors (Lipinski definition) is 3. The Morgan fingerprint density at radius 2 is 1.65 bits per heavy atom. The van der Waals surface area contributed by atoms with Crippen molar-refractivity contribution in [2.45, 2.75) is 19.4 Å². The number of nitrogens with zero attached hydrogens (tertiary/aromatic N) is 7. The van der Waals surface area contributed by atoms with E-state index in [1.165, 1.54) is 0 Å². The molecule has 5 rings (SSSR count). The molecule has 1 aromatic carbocycles. The Kier molecular flexibility index (Phi) is 6.13. The lowest BCUT2D eigenvalue weighted by Gasteiger charge is -2.36. The van der Waals surface area contributed by atoms with Gasteiger partial charge in [0.05, 0.1) is 18.3 Å². The van der Waals surface area contributed by atoms with Crippen LogP contribution in [0.3, 0.4) is 0 Å². The van der Waals surface area contributed by atoms with E-state index in [1.807, 2.05) is 35.8 Å². The molecule has 0 amide bonds. The van der Waals surface area contributed by atoms with Crippen LogP contribution in [0, 0.1) is 0 Å². The lowest BCUT2D eigenvalue weighted by Crippen LogP contribution is -2.47. The molecule has 176 valence electrons. The van der Waals surface area contributed by atoms with Crippen LogP contribution in [0.25, 0.3) is 16.9 Å². The summed E-state index contributed by atoms with van der Waals surface area (Å²) in [5.74, 6) is 1.52. The number of pyridine rings is 1. The van der Waals surface area contributed by atoms with Crippen molar-refractivity contribution in [1.29, 1.82) is 0 Å². The number of benzene rings is 1. The highest BCUT2D eigenvalue weighted by molar-refractivity contribution is 5.85. The Bertz CT molecular complexity index is 1230. The number of nitrogens with one attached hydrogen (secondary N) is 1. The smallest absolute Gasteiger partial charge is 0.229 e. The van der Waals surface area contributed by atoms with Gasteiger partial charge in [-0.25, -0.2) is 4.98 Å². The first kappa shape index (κ1) is 21.9. The van der Waals surface area contributed by atoms with E-state index in [2.05, 4.69) is 25.1 Å². The Morgan fingerprint density at radius 3 is 2.32 bits per heavy atom. The first-order valence-corrected chi connectivity index (χ1v) is 11.5. The molecule has 34 heavy (non-hydrogen) atoms. The number of aliphatic hydroxyl groups is 1. The third kappa shape index (κ3) is 4.32. The SMILES string of the molecule is CCC(CO)Nc1nc(N2CCN(c3ccc(O)cc3)CC2)nc2c1ncn2-c1ccncc1. The standard InChI is InChI=1S/C24H28N8O2/c1-2-17(15-33)27-22-21-23(32(16-26-21)19-7-9-25-10-8-19)29-24(28-22)31-13-11-30(12-14-31)18-3-5-20(34)6-4-18/h3-10,16-17,33-34H,2,11-15H2,1H3,(H,27,28,29). The minimum atomic E-state index is -0.122. The quantitative estimate of drug-likeness (QED) is 0.382. The van der Waals surface area contributed by atoms with Gasteiger partial charge in [0.1, 0.15) is 12.1 Å². The second-order valence-corrected chi connectivity index (χ2v) is 8.29. The number of hydrogen-bond acceptors (Lipinski definition) is 9. The van der Waals surface area contributed by atoms with Crippen LogP contribution in [0.2, 0.25) is 0 Å². The van der Waals surface area contributed by atoms with Gasteiger partial charge in [0.2, 0.25) is 5.95 Å². The van der Waals surface area contributed by atoms with Gasteiger partial charge in [-0.05, 0) is 42.8 Å². The number of anilines is 3. The summed E-state index contributed by atoms with van der Waals surface area (Å²) in [4.78, 5) is 22.9. The van der Waals surface area contributed by atoms with Crippen LogP contribution in [-0.2, 0) is 0 Å². The maximum Gasteiger partial charge on any atom is 0.229 e. The first-order valence-electron chi connectivity index (χ1n) is 11.5. The van der Waals surface area contributed by atoms with E-state index in [0.29, 0.717) is 22.9 Å². The van der Waals surface area contributed by atoms with Crippen molar-refractivity contribution in [3.8, 4) is 11.4 Å². The summed E-state index contributed by atoms with van der Waals surface area (Å²) in [6, 6.07) is 11.0. The topological polar surface area (TPSA) is 115 Å². The van der Waals surface area contributed by atoms with Gasteiger partial charge in [0, 0.05) is 44.3 Å². The summed E-state index contributed by atoms with van der Waals surface area (Å²) in [5, 5.41) is 22.7. The second-order valence-electron chi connectivity index (χ2n) is 8.29. The number of fused-ring (bicyclic) bond motifs is 1. The van der Waals surface area contributed by atoms with Crippen LogP contribution in [0.4, 0.5) is 17.5 Å². The molecule has 0 spiro atoms. The van der Waals surface area contributed by atoms with Gasteiger partial charge in [-0.15, -0.1) is 0 Å². The Morgan fingerprint density at radius 1 is 0.941 bits per heavy atom. The lowest BCUT2D eigenvalue weighted by atomic mass is 10.2. The molecule has 10 nitrogen and oxygen atoms in total. The van der Waals surface area contributed by atoms with Crippen LogP contribution >= 0.6 is 0 Å². The number of phenols is 1. The Hall–Kier alpha value is -3.92. The van der Waals surface area contributed by atoms with Crippen molar-refractivity contribution in [1.82, 2.24) is 24.5 Å². The third-order valence-corrected chi connectivity index (χ3v) is 6.16. The highest BCUT2D eigenvalue weighted by atomic mass is 16.3. The molecule has 1 fully saturated rings. The number of aliphatic hydroxyl groups excluding tert-OH is 1. The van der Waals surface area contributed by atoms with Crippen molar-refractivity contribution in [3.63, 3.8) is 0 Å². The van der Waals surface area contributed by atoms with E-state index in [1.54, 1.807) is 30.9 Å². The number of piperazine rings is 1. The Labute approximate surface area is 197 Å². The number of imidazole rings is 1. The van der Waals surface area contributed by atoms with E-state index in [9.17, 15) is 10.2 Å². The van der Waals surface area contributed by atoms with E-state index in [0.717, 1.165) is 44.0 Å². The third-order valence-electron chi connectivity index (χ3n) is 6.16. The summed E-state index contributed by atoms with van der Waals surface area (Å²) in [6.45, 7) is 5.16. The van der Waals surface area contributed by atoms with Gasteiger partial charge in [0.15, 0.2) is 17.0 Å². The highest BCUT2D eigenvalue weighted by Gasteiger charge is 2.23. The summed E-state index contributed by atoms with van der Waals surface area (Å²) < 4.78 is 1.93. The lowest BCUT2D eigenvalue weighted by molar-refractivity contribution is 0.271. The molecule has 0 radical (unpaired) electrons. The zero-order chi connectivity index (χ0) is 23.5. The number of aromatic nitrogens is 5. The van der Waals surface area contributed by atoms with E-state index in [4.69, 9.17) is 9.97 Å². The van der Waals surface area contributed by atoms with Gasteiger partial charge < -0.3 is 25.3 Å². The molecule has 0 aliphatic carbocycles. The van der Waals surface area contributed by atoms with Gasteiger partial charge >= 0.3 is 0 Å². The molecule has 3 aromatic heterocycles. The van der Waals surface area contributed by atoms with Crippen LogP contribution < -0.4 is 15.1 Å². The van der Waals surface area contributed by atoms with Gasteiger partial charge in [-0.2, -0.15) is 9.97 Å². The number of phenolic OH excluding ortho intramolecular Hbond substituents is 1. The molecule has 1 atom stereocenters. The molecule has 4 aromatic rings. The molecule has 10 heteroatoms. The average molecular weight is 461 g/mol. The molecule has 1 unspecified atom stereocenters. The van der Waals surface area contributed by atoms with Crippen molar-refractivity contribution in [2.75, 3.05) is 47.9 Å². The van der Waals surface area contributed by atoms with Gasteiger partial charge in [0.25, 0.3) is 0 Å². The second kappa shape index (κ2) is 9.52. The minimum Gasteiger partial charge on any atom is -0.508 e. The fourth-order valence-electron chi connectivity index (χ4n) is 4.12. The number of aromatic hydroxyl groups is 1. The predicted octanol–water partition coefficient (Wildman–Crippen LogP) is 2.43. The summed E-state index contributed by atoms with van der Waals surface area (Å²) in [7, 11) is 0. The summed E-state index contributed by atoms with van der Waals surface area (Å²) in [6.07, 6.45) is 5.98. The van der Waals surface area contributed by atoms with Crippen molar-refractivity contribution in [2.24, 2.45) is 0 Å². The summed E-state index contributed by atoms with van der Waals surface area (Å²) >= 11 is 0. The summed E-state index contributed by atoms with van der Waals surface area (Å²) in [5.41, 5.74) is 3.36. The van der Waals surface area contributed by atoms with Crippen molar-refractivity contribution >= 4 is 28.6 Å². The number of rotatable bonds is 7. The minimum absolute atomic E-state index is 0.00764. The van der Waals surface area contributed by atoms with E-state index in [-0.39, 0.29) is 18.4 Å². The van der Waals surface area contributed by atoms with Crippen LogP contribution in [-0.4, -0.2) is 73.5 Å². The van der Waals surface area contributed by atoms with E-state index < -0.39 is 0 Å². The Balaban J connectivity index is 1.47. The zero-order valence-corrected chi connectivity index (χ0v) is 19.0. The van der Waals surface area contributed by atoms with E-state index >= 15 is 0 Å². The fraction of sp³-hybridized carbons (Fsp3) is 0.333. The normalized spacial score (nSPS) is 15.0. The fourth-order valence-corrected chi connectivity index (χ4v) is 4.12. The molecule has 0 bridgehead atoms. The van der Waals surface area contributed by atoms with Crippen molar-refractivity contribution < 1.29 is 10.2 Å². The zero-order valence-electron chi connectivity index (χ0n) is 19.0. The van der Waals surface area contributed by atoms with Crippen molar-refractivity contribution in [3.05, 3.63) is 55.1 Å². The molecule has 3 N–H and O–H groups in total. The largest absolute Gasteiger partial charge is 0.508 e. The molecule has 1 saturated heterocycles. The molecular formula is C24H28N8O2. The van der Waals surface area contributed by atoms with Crippen LogP contribution in [0.5, 0.6) is 5.75 Å². The molecule has 1 aliphatic heterocycles. The van der Waals surface area contributed by atoms with Crippen LogP contribution in [0.1, 0.15) is 13.3 Å². The van der Waals surface area contributed by atoms with Crippen LogP contribution in [0.15, 0.2) is 55.1 Å². The monoisotopic (exact) mass is 460 g/mol. The molecule has 1 aliphatic rings. The maximum atomic E-state index is 9.75. The molecule has 4 heterocycles.